The molecule has 0 spiro atoms. The number of allylic oxidation sites excluding steroid dienone is 2. The number of benzene rings is 3. The Labute approximate surface area is 490 Å². The summed E-state index contributed by atoms with van der Waals surface area (Å²) in [4.78, 5) is 7.90. The lowest BCUT2D eigenvalue weighted by atomic mass is 9.79. The van der Waals surface area contributed by atoms with Crippen LogP contribution in [0.3, 0.4) is 0 Å². The lowest BCUT2D eigenvalue weighted by Crippen LogP contribution is -2.22. The SMILES string of the molecule is CC(C)(C)C1=CC2CNCC2C1.CC(C)(C)c1ccc(CN2CCCC2)cc1.CC(C)(C)c1ccc(O)c(F)c1.CC(C)(C)c1ccc(S(C)(=O)=O)cc1.CN1CC2C=C(C(C)(C)C)CC2C1.CN1CC2CC(C(C)(C)C)CC2C1. The number of nitrogens with zero attached hydrogens (tertiary/aromatic N) is 3. The number of aromatic hydroxyl groups is 1. The Morgan fingerprint density at radius 1 is 0.550 bits per heavy atom. The fraction of sp³-hybridized carbons (Fsp3) is 0.690. The summed E-state index contributed by atoms with van der Waals surface area (Å²) in [6.45, 7) is 51.7. The number of fused-ring (bicyclic) bond motifs is 3. The molecular formula is C71H115FN4O3S. The van der Waals surface area contributed by atoms with E-state index in [-0.39, 0.29) is 22.0 Å². The van der Waals surface area contributed by atoms with Gasteiger partial charge in [0.15, 0.2) is 21.4 Å². The molecule has 4 heterocycles. The lowest BCUT2D eigenvalue weighted by Gasteiger charge is -2.28. The number of hydrogen-bond donors (Lipinski definition) is 2. The van der Waals surface area contributed by atoms with Crippen LogP contribution in [-0.4, -0.2) is 101 Å². The second-order valence-corrected chi connectivity index (χ2v) is 33.7. The molecule has 0 radical (unpaired) electrons. The maximum atomic E-state index is 12.9. The Morgan fingerprint density at radius 2 is 0.988 bits per heavy atom. The van der Waals surface area contributed by atoms with Crippen LogP contribution >= 0.6 is 0 Å². The Bertz CT molecular complexity index is 2580. The highest BCUT2D eigenvalue weighted by Crippen LogP contribution is 2.48. The van der Waals surface area contributed by atoms with Crippen molar-refractivity contribution in [2.45, 2.75) is 191 Å². The second kappa shape index (κ2) is 27.1. The standard InChI is InChI=1S/C15H23N.C12H23N.C12H21N.C11H19N.C11H16O2S.C10H13FO/c1-15(2,3)14-8-6-13(7-9-14)12-16-10-4-5-11-16;2*1-12(2,3)11-5-9-7-13(4)8-10(9)6-11;1-11(2,3)10-4-8-6-12-7-9(8)5-10;1-11(2,3)9-5-7-10(8-6-9)14(4,12)13;1-10(2,3)7-4-5-9(12)8(11)6-7/h6-9H,4-5,10-12H2,1-3H3;9-11H,5-8H2,1-4H3;5,9-10H,6-8H2,1-4H3;4,8-9,12H,5-7H2,1-3H3;5-8H,1-4H3;4-6,12H,1-3H3. The number of rotatable bonds is 3. The van der Waals surface area contributed by atoms with Crippen LogP contribution in [0.15, 0.2) is 94.9 Å². The first-order chi connectivity index (χ1) is 36.7. The van der Waals surface area contributed by atoms with E-state index in [1.165, 1.54) is 120 Å². The first-order valence-electron chi connectivity index (χ1n) is 30.8. The molecule has 10 rings (SSSR count). The molecular weight excluding hydrogens is 1010 g/mol. The highest BCUT2D eigenvalue weighted by molar-refractivity contribution is 7.90. The fourth-order valence-electron chi connectivity index (χ4n) is 12.8. The molecule has 4 saturated heterocycles. The van der Waals surface area contributed by atoms with Crippen molar-refractivity contribution in [3.63, 3.8) is 0 Å². The number of sulfone groups is 1. The minimum absolute atomic E-state index is 0.0655. The summed E-state index contributed by atoms with van der Waals surface area (Å²) in [5.74, 6) is 5.74. The first-order valence-corrected chi connectivity index (χ1v) is 32.7. The van der Waals surface area contributed by atoms with Crippen molar-refractivity contribution in [3.8, 4) is 5.75 Å². The molecule has 9 heteroatoms. The van der Waals surface area contributed by atoms with Crippen LogP contribution in [0.2, 0.25) is 0 Å². The minimum atomic E-state index is -3.07. The van der Waals surface area contributed by atoms with Gasteiger partial charge < -0.3 is 20.2 Å². The monoisotopic (exact) mass is 1120 g/mol. The van der Waals surface area contributed by atoms with Crippen molar-refractivity contribution >= 4 is 9.84 Å². The van der Waals surface area contributed by atoms with E-state index in [1.807, 2.05) is 32.9 Å². The molecule has 2 N–H and O–H groups in total. The van der Waals surface area contributed by atoms with Gasteiger partial charge in [-0.2, -0.15) is 0 Å². The van der Waals surface area contributed by atoms with Crippen molar-refractivity contribution in [1.82, 2.24) is 20.0 Å². The summed E-state index contributed by atoms with van der Waals surface area (Å²) in [5, 5.41) is 12.4. The average Bonchev–Trinajstić information content (AvgIpc) is 4.19. The second-order valence-electron chi connectivity index (χ2n) is 31.7. The average molecular weight is 1120 g/mol. The summed E-state index contributed by atoms with van der Waals surface area (Å²) in [6, 6.07) is 20.7. The van der Waals surface area contributed by atoms with Crippen molar-refractivity contribution in [3.05, 3.63) is 118 Å². The number of phenols is 1. The van der Waals surface area contributed by atoms with E-state index in [1.54, 1.807) is 29.3 Å². The van der Waals surface area contributed by atoms with E-state index in [2.05, 4.69) is 174 Å². The molecule has 0 amide bonds. The van der Waals surface area contributed by atoms with Gasteiger partial charge in [0.05, 0.1) is 4.90 Å². The van der Waals surface area contributed by atoms with Crippen LogP contribution in [-0.2, 0) is 32.6 Å². The quantitative estimate of drug-likeness (QED) is 0.253. The van der Waals surface area contributed by atoms with Crippen LogP contribution in [0.4, 0.5) is 4.39 Å². The fourth-order valence-corrected chi connectivity index (χ4v) is 13.4. The summed E-state index contributed by atoms with van der Waals surface area (Å²) in [5.41, 5.74) is 9.90. The van der Waals surface area contributed by atoms with Gasteiger partial charge in [-0.25, -0.2) is 12.8 Å². The van der Waals surface area contributed by atoms with Crippen LogP contribution in [0.25, 0.3) is 0 Å². The van der Waals surface area contributed by atoms with E-state index >= 15 is 0 Å². The van der Waals surface area contributed by atoms with Crippen LogP contribution < -0.4 is 5.32 Å². The van der Waals surface area contributed by atoms with Gasteiger partial charge in [-0.3, -0.25) is 4.90 Å². The zero-order valence-electron chi connectivity index (χ0n) is 54.5. The van der Waals surface area contributed by atoms with Gasteiger partial charge in [-0.15, -0.1) is 0 Å². The van der Waals surface area contributed by atoms with E-state index in [0.717, 1.165) is 59.1 Å². The number of likely N-dealkylation sites (tertiary alicyclic amines) is 3. The first kappa shape index (κ1) is 67.5. The van der Waals surface area contributed by atoms with E-state index in [9.17, 15) is 12.8 Å². The number of hydrogen-bond acceptors (Lipinski definition) is 7. The van der Waals surface area contributed by atoms with Gasteiger partial charge in [-0.1, -0.05) is 190 Å². The topological polar surface area (TPSA) is 76.1 Å². The third-order valence-corrected chi connectivity index (χ3v) is 19.5. The number of phenolic OH excluding ortho intramolecular Hbond substituents is 1. The number of halogens is 1. The predicted octanol–water partition coefficient (Wildman–Crippen LogP) is 16.2. The highest BCUT2D eigenvalue weighted by Gasteiger charge is 2.43. The van der Waals surface area contributed by atoms with Crippen LogP contribution in [0.1, 0.15) is 185 Å². The minimum Gasteiger partial charge on any atom is -0.505 e. The Hall–Kier alpha value is -3.34. The lowest BCUT2D eigenvalue weighted by molar-refractivity contribution is 0.220. The summed E-state index contributed by atoms with van der Waals surface area (Å²) >= 11 is 0. The normalized spacial score (nSPS) is 25.2. The van der Waals surface area contributed by atoms with E-state index < -0.39 is 15.7 Å². The molecule has 7 nitrogen and oxygen atoms in total. The van der Waals surface area contributed by atoms with Crippen LogP contribution in [0.5, 0.6) is 5.75 Å². The van der Waals surface area contributed by atoms with Gasteiger partial charge in [0, 0.05) is 45.5 Å². The highest BCUT2D eigenvalue weighted by atomic mass is 32.2. The molecule has 6 atom stereocenters. The maximum Gasteiger partial charge on any atom is 0.175 e. The van der Waals surface area contributed by atoms with E-state index in [4.69, 9.17) is 5.11 Å². The molecule has 7 aliphatic rings. The van der Waals surface area contributed by atoms with Gasteiger partial charge in [0.25, 0.3) is 0 Å². The molecule has 3 aromatic rings. The van der Waals surface area contributed by atoms with Gasteiger partial charge in [0.2, 0.25) is 0 Å². The van der Waals surface area contributed by atoms with Crippen LogP contribution in [0, 0.1) is 63.5 Å². The largest absolute Gasteiger partial charge is 0.505 e. The molecule has 5 fully saturated rings. The number of nitrogens with one attached hydrogen (secondary N) is 1. The molecule has 3 aromatic carbocycles. The maximum absolute atomic E-state index is 12.9. The molecule has 80 heavy (non-hydrogen) atoms. The Kier molecular flexibility index (Phi) is 22.9. The van der Waals surface area contributed by atoms with E-state index in [0.29, 0.717) is 21.1 Å². The van der Waals surface area contributed by atoms with Crippen molar-refractivity contribution in [1.29, 1.82) is 0 Å². The molecule has 3 aliphatic carbocycles. The summed E-state index contributed by atoms with van der Waals surface area (Å²) in [7, 11) is 1.44. The van der Waals surface area contributed by atoms with Crippen molar-refractivity contribution in [2.24, 2.45) is 57.7 Å². The zero-order chi connectivity index (χ0) is 60.0. The molecule has 6 unspecified atom stereocenters. The van der Waals surface area contributed by atoms with Gasteiger partial charge in [0.1, 0.15) is 0 Å². The van der Waals surface area contributed by atoms with Gasteiger partial charge in [-0.05, 0) is 193 Å². The van der Waals surface area contributed by atoms with Crippen molar-refractivity contribution < 1.29 is 17.9 Å². The molecule has 0 bridgehead atoms. The summed E-state index contributed by atoms with van der Waals surface area (Å²) in [6.07, 6.45) is 14.7. The molecule has 0 aromatic heterocycles. The molecule has 4 aliphatic heterocycles. The zero-order valence-corrected chi connectivity index (χ0v) is 55.4. The smallest absolute Gasteiger partial charge is 0.175 e. The van der Waals surface area contributed by atoms with Crippen molar-refractivity contribution in [2.75, 3.05) is 72.7 Å². The Morgan fingerprint density at radius 3 is 1.41 bits per heavy atom. The van der Waals surface area contributed by atoms with Gasteiger partial charge >= 0.3 is 0 Å². The molecule has 450 valence electrons. The summed E-state index contributed by atoms with van der Waals surface area (Å²) < 4.78 is 35.2. The Balaban J connectivity index is 0.000000177. The predicted molar refractivity (Wildman–Crippen MR) is 340 cm³/mol. The third-order valence-electron chi connectivity index (χ3n) is 18.3. The third kappa shape index (κ3) is 20.5. The molecule has 1 saturated carbocycles.